The standard InChI is InChI=1S/C11H21N3/c1-7(2)9-10(12)14(8(3)13-9)11(4,5)6/h7H,12H2,1-6H3. The normalized spacial score (nSPS) is 12.5. The number of aromatic nitrogens is 2. The summed E-state index contributed by atoms with van der Waals surface area (Å²) in [7, 11) is 0. The fourth-order valence-corrected chi connectivity index (χ4v) is 1.84. The van der Waals surface area contributed by atoms with Crippen LogP contribution in [0.4, 0.5) is 5.82 Å². The third kappa shape index (κ3) is 1.76. The molecule has 14 heavy (non-hydrogen) atoms. The molecule has 0 spiro atoms. The number of nitrogens with two attached hydrogens (primary N) is 1. The maximum atomic E-state index is 6.09. The summed E-state index contributed by atoms with van der Waals surface area (Å²) in [5.74, 6) is 2.20. The Hall–Kier alpha value is -0.990. The van der Waals surface area contributed by atoms with Gasteiger partial charge in [-0.1, -0.05) is 13.8 Å². The predicted molar refractivity (Wildman–Crippen MR) is 60.5 cm³/mol. The zero-order valence-corrected chi connectivity index (χ0v) is 10.0. The van der Waals surface area contributed by atoms with E-state index in [0.29, 0.717) is 5.92 Å². The summed E-state index contributed by atoms with van der Waals surface area (Å²) in [5.41, 5.74) is 7.11. The van der Waals surface area contributed by atoms with Gasteiger partial charge in [0, 0.05) is 5.54 Å². The number of imidazole rings is 1. The highest BCUT2D eigenvalue weighted by Gasteiger charge is 2.22. The van der Waals surface area contributed by atoms with Gasteiger partial charge in [0.2, 0.25) is 0 Å². The van der Waals surface area contributed by atoms with Crippen molar-refractivity contribution in [3.8, 4) is 0 Å². The summed E-state index contributed by atoms with van der Waals surface area (Å²) in [5, 5.41) is 0. The summed E-state index contributed by atoms with van der Waals surface area (Å²) >= 11 is 0. The van der Waals surface area contributed by atoms with Crippen LogP contribution in [0.25, 0.3) is 0 Å². The van der Waals surface area contributed by atoms with Crippen LogP contribution >= 0.6 is 0 Å². The van der Waals surface area contributed by atoms with Crippen LogP contribution in [0.15, 0.2) is 0 Å². The fourth-order valence-electron chi connectivity index (χ4n) is 1.84. The molecule has 3 heteroatoms. The molecule has 0 aromatic carbocycles. The van der Waals surface area contributed by atoms with Gasteiger partial charge in [-0.3, -0.25) is 0 Å². The van der Waals surface area contributed by atoms with Gasteiger partial charge in [0.15, 0.2) is 0 Å². The van der Waals surface area contributed by atoms with Crippen molar-refractivity contribution in [3.05, 3.63) is 11.5 Å². The van der Waals surface area contributed by atoms with Crippen molar-refractivity contribution in [1.29, 1.82) is 0 Å². The van der Waals surface area contributed by atoms with Gasteiger partial charge < -0.3 is 10.3 Å². The maximum Gasteiger partial charge on any atom is 0.127 e. The lowest BCUT2D eigenvalue weighted by atomic mass is 10.1. The third-order valence-corrected chi connectivity index (χ3v) is 2.33. The van der Waals surface area contributed by atoms with E-state index in [0.717, 1.165) is 17.3 Å². The molecule has 1 aromatic heterocycles. The van der Waals surface area contributed by atoms with Gasteiger partial charge in [0.05, 0.1) is 5.69 Å². The number of rotatable bonds is 1. The number of aryl methyl sites for hydroxylation is 1. The van der Waals surface area contributed by atoms with Crippen LogP contribution in [0.3, 0.4) is 0 Å². The molecule has 0 fully saturated rings. The molecule has 3 nitrogen and oxygen atoms in total. The highest BCUT2D eigenvalue weighted by atomic mass is 15.2. The molecule has 1 rings (SSSR count). The van der Waals surface area contributed by atoms with Gasteiger partial charge in [-0.05, 0) is 33.6 Å². The Labute approximate surface area is 86.3 Å². The molecule has 0 amide bonds. The van der Waals surface area contributed by atoms with E-state index in [-0.39, 0.29) is 5.54 Å². The smallest absolute Gasteiger partial charge is 0.127 e. The molecule has 0 atom stereocenters. The molecule has 1 heterocycles. The first-order valence-corrected chi connectivity index (χ1v) is 5.10. The average molecular weight is 195 g/mol. The summed E-state index contributed by atoms with van der Waals surface area (Å²) in [6.07, 6.45) is 0. The van der Waals surface area contributed by atoms with Crippen LogP contribution in [0, 0.1) is 6.92 Å². The van der Waals surface area contributed by atoms with Crippen LogP contribution in [0.2, 0.25) is 0 Å². The molecule has 0 aliphatic carbocycles. The van der Waals surface area contributed by atoms with E-state index in [9.17, 15) is 0 Å². The van der Waals surface area contributed by atoms with Crippen molar-refractivity contribution in [2.24, 2.45) is 0 Å². The second-order valence-corrected chi connectivity index (χ2v) is 5.09. The van der Waals surface area contributed by atoms with Gasteiger partial charge in [0.1, 0.15) is 11.6 Å². The lowest BCUT2D eigenvalue weighted by Gasteiger charge is -2.24. The summed E-state index contributed by atoms with van der Waals surface area (Å²) in [4.78, 5) is 4.51. The molecular formula is C11H21N3. The molecule has 1 aromatic rings. The van der Waals surface area contributed by atoms with E-state index in [1.807, 2.05) is 6.92 Å². The predicted octanol–water partition coefficient (Wildman–Crippen LogP) is 2.65. The Morgan fingerprint density at radius 2 is 1.79 bits per heavy atom. The molecule has 80 valence electrons. The Kier molecular flexibility index (Phi) is 2.61. The Morgan fingerprint density at radius 1 is 1.29 bits per heavy atom. The monoisotopic (exact) mass is 195 g/mol. The van der Waals surface area contributed by atoms with E-state index in [1.165, 1.54) is 0 Å². The summed E-state index contributed by atoms with van der Waals surface area (Å²) in [6, 6.07) is 0. The molecule has 0 radical (unpaired) electrons. The van der Waals surface area contributed by atoms with Crippen molar-refractivity contribution >= 4 is 5.82 Å². The molecule has 0 saturated heterocycles. The highest BCUT2D eigenvalue weighted by molar-refractivity contribution is 5.41. The third-order valence-electron chi connectivity index (χ3n) is 2.33. The lowest BCUT2D eigenvalue weighted by molar-refractivity contribution is 0.393. The Morgan fingerprint density at radius 3 is 2.00 bits per heavy atom. The van der Waals surface area contributed by atoms with Gasteiger partial charge in [0.25, 0.3) is 0 Å². The molecule has 0 bridgehead atoms. The minimum atomic E-state index is 0.00824. The Bertz CT molecular complexity index is 329. The summed E-state index contributed by atoms with van der Waals surface area (Å²) in [6.45, 7) is 12.7. The quantitative estimate of drug-likeness (QED) is 0.748. The van der Waals surface area contributed by atoms with Gasteiger partial charge in [-0.2, -0.15) is 0 Å². The van der Waals surface area contributed by atoms with Crippen LogP contribution < -0.4 is 5.73 Å². The van der Waals surface area contributed by atoms with E-state index in [2.05, 4.69) is 44.2 Å². The largest absolute Gasteiger partial charge is 0.384 e. The molecule has 0 aliphatic rings. The second kappa shape index (κ2) is 3.30. The number of hydrogen-bond acceptors (Lipinski definition) is 2. The molecule has 0 unspecified atom stereocenters. The van der Waals surface area contributed by atoms with Crippen molar-refractivity contribution in [2.45, 2.75) is 53.0 Å². The van der Waals surface area contributed by atoms with E-state index >= 15 is 0 Å². The van der Waals surface area contributed by atoms with Gasteiger partial charge in [-0.15, -0.1) is 0 Å². The van der Waals surface area contributed by atoms with E-state index in [4.69, 9.17) is 5.73 Å². The van der Waals surface area contributed by atoms with Crippen LogP contribution in [-0.2, 0) is 5.54 Å². The minimum absolute atomic E-state index is 0.00824. The maximum absolute atomic E-state index is 6.09. The first kappa shape index (κ1) is 11.1. The van der Waals surface area contributed by atoms with Crippen molar-refractivity contribution in [2.75, 3.05) is 5.73 Å². The number of anilines is 1. The highest BCUT2D eigenvalue weighted by Crippen LogP contribution is 2.28. The molecule has 2 N–H and O–H groups in total. The second-order valence-electron chi connectivity index (χ2n) is 5.09. The van der Waals surface area contributed by atoms with Crippen LogP contribution in [-0.4, -0.2) is 9.55 Å². The van der Waals surface area contributed by atoms with Crippen LogP contribution in [0.1, 0.15) is 52.1 Å². The zero-order valence-electron chi connectivity index (χ0n) is 10.0. The van der Waals surface area contributed by atoms with E-state index < -0.39 is 0 Å². The van der Waals surface area contributed by atoms with Crippen molar-refractivity contribution < 1.29 is 0 Å². The molecule has 0 aliphatic heterocycles. The number of hydrogen-bond donors (Lipinski definition) is 1. The fraction of sp³-hybridized carbons (Fsp3) is 0.727. The first-order valence-electron chi connectivity index (χ1n) is 5.10. The van der Waals surface area contributed by atoms with Crippen molar-refractivity contribution in [1.82, 2.24) is 9.55 Å². The summed E-state index contributed by atoms with van der Waals surface area (Å²) < 4.78 is 2.10. The number of nitrogen functional groups attached to an aromatic ring is 1. The van der Waals surface area contributed by atoms with E-state index in [1.54, 1.807) is 0 Å². The molecular weight excluding hydrogens is 174 g/mol. The molecule has 0 saturated carbocycles. The topological polar surface area (TPSA) is 43.8 Å². The van der Waals surface area contributed by atoms with Gasteiger partial charge in [-0.25, -0.2) is 4.98 Å². The zero-order chi connectivity index (χ0) is 11.1. The Balaban J connectivity index is 3.33. The SMILES string of the molecule is Cc1nc(C(C)C)c(N)n1C(C)(C)C. The average Bonchev–Trinajstić information content (AvgIpc) is 2.24. The first-order chi connectivity index (χ1) is 6.25. The van der Waals surface area contributed by atoms with Gasteiger partial charge >= 0.3 is 0 Å². The van der Waals surface area contributed by atoms with Crippen molar-refractivity contribution in [3.63, 3.8) is 0 Å². The minimum Gasteiger partial charge on any atom is -0.384 e. The lowest BCUT2D eigenvalue weighted by Crippen LogP contribution is -2.24. The van der Waals surface area contributed by atoms with Crippen LogP contribution in [0.5, 0.6) is 0 Å². The number of nitrogens with zero attached hydrogens (tertiary/aromatic N) is 2.